The summed E-state index contributed by atoms with van der Waals surface area (Å²) in [4.78, 5) is 16.9. The fourth-order valence-electron chi connectivity index (χ4n) is 3.98. The van der Waals surface area contributed by atoms with Gasteiger partial charge in [0.25, 0.3) is 0 Å². The van der Waals surface area contributed by atoms with Crippen molar-refractivity contribution >= 4 is 40.6 Å². The van der Waals surface area contributed by atoms with Crippen LogP contribution in [0.1, 0.15) is 36.8 Å². The average Bonchev–Trinajstić information content (AvgIpc) is 2.96. The number of nitrogens with two attached hydrogens (primary N) is 1. The third-order valence-electron chi connectivity index (χ3n) is 5.46. The van der Waals surface area contributed by atoms with Crippen molar-refractivity contribution in [1.82, 2.24) is 4.98 Å². The molecule has 9 heteroatoms. The summed E-state index contributed by atoms with van der Waals surface area (Å²) in [5.74, 6) is 0.329. The van der Waals surface area contributed by atoms with E-state index in [2.05, 4.69) is 15.5 Å². The fraction of sp³-hybridized carbons (Fsp3) is 0.316. The summed E-state index contributed by atoms with van der Waals surface area (Å²) >= 11 is 12.0. The van der Waals surface area contributed by atoms with Gasteiger partial charge in [-0.3, -0.25) is 4.79 Å². The van der Waals surface area contributed by atoms with Crippen LogP contribution in [-0.2, 0) is 10.2 Å². The van der Waals surface area contributed by atoms with E-state index in [-0.39, 0.29) is 17.8 Å². The number of anilines is 1. The number of pyridine rings is 1. The molecule has 1 aromatic carbocycles. The lowest BCUT2D eigenvalue weighted by Crippen LogP contribution is -2.41. The first-order valence-electron chi connectivity index (χ1n) is 8.84. The number of fused-ring (bicyclic) bond motifs is 2. The van der Waals surface area contributed by atoms with Crippen molar-refractivity contribution in [2.24, 2.45) is 10.9 Å². The zero-order valence-electron chi connectivity index (χ0n) is 14.8. The lowest BCUT2D eigenvalue weighted by Gasteiger charge is -2.35. The van der Waals surface area contributed by atoms with Gasteiger partial charge < -0.3 is 21.0 Å². The number of amides is 1. The van der Waals surface area contributed by atoms with E-state index >= 15 is 0 Å². The van der Waals surface area contributed by atoms with Gasteiger partial charge in [-0.25, -0.2) is 4.98 Å². The molecule has 7 nitrogen and oxygen atoms in total. The maximum atomic E-state index is 12.8. The Hall–Kier alpha value is -2.51. The highest BCUT2D eigenvalue weighted by atomic mass is 35.5. The van der Waals surface area contributed by atoms with Gasteiger partial charge in [0.15, 0.2) is 5.84 Å². The molecule has 4 rings (SSSR count). The summed E-state index contributed by atoms with van der Waals surface area (Å²) in [6.45, 7) is 0. The van der Waals surface area contributed by atoms with Crippen molar-refractivity contribution in [2.45, 2.75) is 37.2 Å². The minimum Gasteiger partial charge on any atom is -0.473 e. The van der Waals surface area contributed by atoms with Crippen LogP contribution in [0, 0.1) is 0 Å². The molecule has 146 valence electrons. The van der Waals surface area contributed by atoms with Crippen molar-refractivity contribution in [3.63, 3.8) is 0 Å². The van der Waals surface area contributed by atoms with Crippen molar-refractivity contribution in [3.05, 3.63) is 51.6 Å². The number of ether oxygens (including phenoxy) is 1. The van der Waals surface area contributed by atoms with Crippen molar-refractivity contribution in [1.29, 1.82) is 0 Å². The Labute approximate surface area is 171 Å². The molecule has 4 N–H and O–H groups in total. The SMILES string of the molecule is NC(=NO)c1ccc2c(c1)C1(CCC(Oc3ncc(Cl)cc3Cl)CC1)C(=O)N2. The predicted molar refractivity (Wildman–Crippen MR) is 106 cm³/mol. The molecule has 0 atom stereocenters. The highest BCUT2D eigenvalue weighted by molar-refractivity contribution is 6.35. The first-order valence-corrected chi connectivity index (χ1v) is 9.60. The van der Waals surface area contributed by atoms with Crippen LogP contribution in [0.5, 0.6) is 5.88 Å². The molecular weight excluding hydrogens is 403 g/mol. The Bertz CT molecular complexity index is 972. The van der Waals surface area contributed by atoms with Gasteiger partial charge in [0.2, 0.25) is 11.8 Å². The van der Waals surface area contributed by atoms with Gasteiger partial charge in [-0.1, -0.05) is 28.4 Å². The molecule has 0 unspecified atom stereocenters. The summed E-state index contributed by atoms with van der Waals surface area (Å²) in [7, 11) is 0. The number of aromatic nitrogens is 1. The first kappa shape index (κ1) is 18.8. The second-order valence-corrected chi connectivity index (χ2v) is 7.88. The van der Waals surface area contributed by atoms with Gasteiger partial charge in [-0.15, -0.1) is 0 Å². The number of nitrogens with zero attached hydrogens (tertiary/aromatic N) is 2. The largest absolute Gasteiger partial charge is 0.473 e. The zero-order chi connectivity index (χ0) is 19.9. The van der Waals surface area contributed by atoms with Gasteiger partial charge in [-0.2, -0.15) is 0 Å². The molecule has 2 aromatic rings. The van der Waals surface area contributed by atoms with Crippen LogP contribution in [0.4, 0.5) is 5.69 Å². The molecule has 1 fully saturated rings. The van der Waals surface area contributed by atoms with Crippen LogP contribution in [0.15, 0.2) is 35.6 Å². The number of nitrogens with one attached hydrogen (secondary N) is 1. The molecule has 28 heavy (non-hydrogen) atoms. The third-order valence-corrected chi connectivity index (χ3v) is 5.94. The van der Waals surface area contributed by atoms with Crippen molar-refractivity contribution < 1.29 is 14.7 Å². The number of carbonyl (C=O) groups excluding carboxylic acids is 1. The molecule has 0 bridgehead atoms. The van der Waals surface area contributed by atoms with Gasteiger partial charge in [0.05, 0.1) is 10.4 Å². The molecule has 2 heterocycles. The van der Waals surface area contributed by atoms with E-state index in [0.717, 1.165) is 11.3 Å². The number of hydrogen-bond donors (Lipinski definition) is 3. The average molecular weight is 421 g/mol. The van der Waals surface area contributed by atoms with Crippen molar-refractivity contribution in [2.75, 3.05) is 5.32 Å². The third kappa shape index (κ3) is 3.14. The highest BCUT2D eigenvalue weighted by Gasteiger charge is 2.49. The minimum atomic E-state index is -0.641. The van der Waals surface area contributed by atoms with Crippen LogP contribution < -0.4 is 15.8 Å². The van der Waals surface area contributed by atoms with Crippen LogP contribution >= 0.6 is 23.2 Å². The van der Waals surface area contributed by atoms with E-state index in [1.807, 2.05) is 6.07 Å². The Kier molecular flexibility index (Phi) is 4.81. The Balaban J connectivity index is 1.55. The fourth-order valence-corrected chi connectivity index (χ4v) is 4.40. The topological polar surface area (TPSA) is 110 Å². The lowest BCUT2D eigenvalue weighted by atomic mass is 9.69. The van der Waals surface area contributed by atoms with E-state index in [4.69, 9.17) is 38.9 Å². The van der Waals surface area contributed by atoms with E-state index in [0.29, 0.717) is 47.2 Å². The Morgan fingerprint density at radius 2 is 2.07 bits per heavy atom. The van der Waals surface area contributed by atoms with Crippen LogP contribution in [0.2, 0.25) is 10.0 Å². The molecule has 0 saturated heterocycles. The molecule has 1 aromatic heterocycles. The van der Waals surface area contributed by atoms with E-state index in [1.165, 1.54) is 6.20 Å². The van der Waals surface area contributed by atoms with Gasteiger partial charge in [-0.05, 0) is 55.5 Å². The van der Waals surface area contributed by atoms with Crippen LogP contribution in [0.3, 0.4) is 0 Å². The van der Waals surface area contributed by atoms with Gasteiger partial charge in [0.1, 0.15) is 11.1 Å². The second kappa shape index (κ2) is 7.14. The second-order valence-electron chi connectivity index (χ2n) is 7.04. The highest BCUT2D eigenvalue weighted by Crippen LogP contribution is 2.48. The smallest absolute Gasteiger partial charge is 0.235 e. The Morgan fingerprint density at radius 3 is 2.75 bits per heavy atom. The standard InChI is InChI=1S/C19H18Cl2N4O3/c20-11-8-14(21)17(23-9-11)28-12-3-5-19(6-4-12)13-7-10(16(22)25-27)1-2-15(13)24-18(19)26/h1-2,7-9,12,27H,3-6H2,(H2,22,25)(H,24,26). The zero-order valence-corrected chi connectivity index (χ0v) is 16.3. The predicted octanol–water partition coefficient (Wildman–Crippen LogP) is 3.69. The van der Waals surface area contributed by atoms with Crippen LogP contribution in [-0.4, -0.2) is 28.0 Å². The monoisotopic (exact) mass is 420 g/mol. The van der Waals surface area contributed by atoms with Gasteiger partial charge in [0, 0.05) is 17.4 Å². The summed E-state index contributed by atoms with van der Waals surface area (Å²) < 4.78 is 5.94. The molecule has 1 saturated carbocycles. The molecule has 1 amide bonds. The van der Waals surface area contributed by atoms with E-state index in [1.54, 1.807) is 18.2 Å². The number of carbonyl (C=O) groups is 1. The molecule has 0 radical (unpaired) electrons. The van der Waals surface area contributed by atoms with E-state index in [9.17, 15) is 4.79 Å². The quantitative estimate of drug-likeness (QED) is 0.303. The first-order chi connectivity index (χ1) is 13.4. The normalized spacial score (nSPS) is 24.1. The summed E-state index contributed by atoms with van der Waals surface area (Å²) in [5, 5.41) is 15.8. The van der Waals surface area contributed by atoms with Crippen molar-refractivity contribution in [3.8, 4) is 5.88 Å². The molecule has 1 aliphatic heterocycles. The molecule has 1 spiro atoms. The molecule has 1 aliphatic carbocycles. The number of oxime groups is 1. The number of rotatable bonds is 3. The Morgan fingerprint density at radius 1 is 1.32 bits per heavy atom. The summed E-state index contributed by atoms with van der Waals surface area (Å²) in [5.41, 5.74) is 7.30. The van der Waals surface area contributed by atoms with Gasteiger partial charge >= 0.3 is 0 Å². The maximum absolute atomic E-state index is 12.8. The molecular formula is C19H18Cl2N4O3. The summed E-state index contributed by atoms with van der Waals surface area (Å²) in [6, 6.07) is 6.91. The number of amidine groups is 1. The minimum absolute atomic E-state index is 0.0118. The number of hydrogen-bond acceptors (Lipinski definition) is 5. The number of benzene rings is 1. The maximum Gasteiger partial charge on any atom is 0.235 e. The molecule has 2 aliphatic rings. The van der Waals surface area contributed by atoms with Crippen LogP contribution in [0.25, 0.3) is 0 Å². The summed E-state index contributed by atoms with van der Waals surface area (Å²) in [6.07, 6.45) is 3.95. The lowest BCUT2D eigenvalue weighted by molar-refractivity contribution is -0.122. The van der Waals surface area contributed by atoms with E-state index < -0.39 is 5.41 Å². The number of halogens is 2.